The maximum Gasteiger partial charge on any atom is 0.0926 e. The van der Waals surface area contributed by atoms with E-state index >= 15 is 0 Å². The van der Waals surface area contributed by atoms with Crippen molar-refractivity contribution >= 4 is 17.6 Å². The van der Waals surface area contributed by atoms with Crippen LogP contribution in [0, 0.1) is 5.41 Å². The minimum Gasteiger partial charge on any atom is -0.359 e. The number of amidine groups is 1. The molecule has 1 aliphatic rings. The van der Waals surface area contributed by atoms with Crippen LogP contribution >= 0.6 is 11.8 Å². The van der Waals surface area contributed by atoms with E-state index in [2.05, 4.69) is 18.7 Å². The molecule has 0 aromatic heterocycles. The Balaban J connectivity index is 2.49. The van der Waals surface area contributed by atoms with Gasteiger partial charge in [0.05, 0.1) is 5.84 Å². The minimum atomic E-state index is 0.680. The van der Waals surface area contributed by atoms with E-state index in [1.807, 2.05) is 18.7 Å². The summed E-state index contributed by atoms with van der Waals surface area (Å²) in [6, 6.07) is 0. The zero-order chi connectivity index (χ0) is 8.43. The SMILES string of the molecule is CC(=N)N1CC(C)SC(C)C1. The summed E-state index contributed by atoms with van der Waals surface area (Å²) in [7, 11) is 0. The van der Waals surface area contributed by atoms with Gasteiger partial charge in [-0.25, -0.2) is 0 Å². The van der Waals surface area contributed by atoms with E-state index in [0.717, 1.165) is 13.1 Å². The van der Waals surface area contributed by atoms with Crippen LogP contribution < -0.4 is 0 Å². The molecule has 0 spiro atoms. The summed E-state index contributed by atoms with van der Waals surface area (Å²) in [6.45, 7) is 8.43. The molecule has 11 heavy (non-hydrogen) atoms. The highest BCUT2D eigenvalue weighted by molar-refractivity contribution is 8.00. The summed E-state index contributed by atoms with van der Waals surface area (Å²) in [5.41, 5.74) is 0. The van der Waals surface area contributed by atoms with Gasteiger partial charge in [0.1, 0.15) is 0 Å². The standard InChI is InChI=1S/C8H16N2S/c1-6-4-10(8(3)9)5-7(2)11-6/h6-7,9H,4-5H2,1-3H3. The Morgan fingerprint density at radius 3 is 2.18 bits per heavy atom. The van der Waals surface area contributed by atoms with Crippen molar-refractivity contribution in [2.24, 2.45) is 0 Å². The second-order valence-electron chi connectivity index (χ2n) is 3.25. The molecule has 1 fully saturated rings. The maximum atomic E-state index is 7.49. The normalized spacial score (nSPS) is 32.1. The van der Waals surface area contributed by atoms with Crippen molar-refractivity contribution in [2.45, 2.75) is 31.3 Å². The average Bonchev–Trinajstić information content (AvgIpc) is 1.85. The lowest BCUT2D eigenvalue weighted by Crippen LogP contribution is -2.42. The van der Waals surface area contributed by atoms with Gasteiger partial charge in [-0.05, 0) is 6.92 Å². The van der Waals surface area contributed by atoms with E-state index < -0.39 is 0 Å². The monoisotopic (exact) mass is 172 g/mol. The number of hydrogen-bond donors (Lipinski definition) is 1. The molecule has 3 heteroatoms. The molecular weight excluding hydrogens is 156 g/mol. The van der Waals surface area contributed by atoms with Crippen molar-refractivity contribution in [2.75, 3.05) is 13.1 Å². The molecule has 2 unspecified atom stereocenters. The molecular formula is C8H16N2S. The van der Waals surface area contributed by atoms with Gasteiger partial charge in [0.2, 0.25) is 0 Å². The number of nitrogens with one attached hydrogen (secondary N) is 1. The van der Waals surface area contributed by atoms with Gasteiger partial charge in [-0.3, -0.25) is 5.41 Å². The van der Waals surface area contributed by atoms with E-state index in [-0.39, 0.29) is 0 Å². The summed E-state index contributed by atoms with van der Waals surface area (Å²) >= 11 is 2.02. The number of nitrogens with zero attached hydrogens (tertiary/aromatic N) is 1. The molecule has 0 saturated carbocycles. The predicted octanol–water partition coefficient (Wildman–Crippen LogP) is 1.81. The van der Waals surface area contributed by atoms with Crippen LogP contribution in [-0.2, 0) is 0 Å². The fourth-order valence-corrected chi connectivity index (χ4v) is 2.78. The lowest BCUT2D eigenvalue weighted by molar-refractivity contribution is 0.406. The lowest BCUT2D eigenvalue weighted by Gasteiger charge is -2.35. The van der Waals surface area contributed by atoms with E-state index in [0.29, 0.717) is 16.3 Å². The van der Waals surface area contributed by atoms with Crippen molar-refractivity contribution in [3.63, 3.8) is 0 Å². The third kappa shape index (κ3) is 2.40. The van der Waals surface area contributed by atoms with Crippen LogP contribution in [0.3, 0.4) is 0 Å². The van der Waals surface area contributed by atoms with Crippen LogP contribution in [0.25, 0.3) is 0 Å². The molecule has 1 heterocycles. The van der Waals surface area contributed by atoms with Gasteiger partial charge in [-0.15, -0.1) is 0 Å². The summed E-state index contributed by atoms with van der Waals surface area (Å²) in [6.07, 6.45) is 0. The third-order valence-corrected chi connectivity index (χ3v) is 3.12. The van der Waals surface area contributed by atoms with Gasteiger partial charge in [-0.1, -0.05) is 13.8 Å². The van der Waals surface area contributed by atoms with Crippen LogP contribution in [0.1, 0.15) is 20.8 Å². The molecule has 0 aliphatic carbocycles. The highest BCUT2D eigenvalue weighted by Gasteiger charge is 2.21. The summed E-state index contributed by atoms with van der Waals surface area (Å²) < 4.78 is 0. The quantitative estimate of drug-likeness (QED) is 0.445. The molecule has 2 nitrogen and oxygen atoms in total. The van der Waals surface area contributed by atoms with Gasteiger partial charge in [0.15, 0.2) is 0 Å². The Kier molecular flexibility index (Phi) is 2.82. The molecule has 1 N–H and O–H groups in total. The number of hydrogen-bond acceptors (Lipinski definition) is 2. The minimum absolute atomic E-state index is 0.680. The summed E-state index contributed by atoms with van der Waals surface area (Å²) in [4.78, 5) is 2.16. The highest BCUT2D eigenvalue weighted by atomic mass is 32.2. The molecule has 1 saturated heterocycles. The second kappa shape index (κ2) is 3.48. The molecule has 0 bridgehead atoms. The van der Waals surface area contributed by atoms with E-state index in [4.69, 9.17) is 5.41 Å². The van der Waals surface area contributed by atoms with Crippen molar-refractivity contribution in [3.8, 4) is 0 Å². The Bertz CT molecular complexity index is 148. The van der Waals surface area contributed by atoms with Crippen molar-refractivity contribution in [3.05, 3.63) is 0 Å². The maximum absolute atomic E-state index is 7.49. The molecule has 0 aromatic carbocycles. The van der Waals surface area contributed by atoms with Crippen molar-refractivity contribution < 1.29 is 0 Å². The van der Waals surface area contributed by atoms with E-state index in [1.54, 1.807) is 0 Å². The Morgan fingerprint density at radius 1 is 1.36 bits per heavy atom. The van der Waals surface area contributed by atoms with Gasteiger partial charge in [0.25, 0.3) is 0 Å². The zero-order valence-corrected chi connectivity index (χ0v) is 8.24. The predicted molar refractivity (Wildman–Crippen MR) is 51.5 cm³/mol. The van der Waals surface area contributed by atoms with Gasteiger partial charge in [-0.2, -0.15) is 11.8 Å². The molecule has 1 aliphatic heterocycles. The molecule has 1 rings (SSSR count). The van der Waals surface area contributed by atoms with Crippen LogP contribution in [-0.4, -0.2) is 34.3 Å². The number of rotatable bonds is 0. The Morgan fingerprint density at radius 2 is 1.82 bits per heavy atom. The molecule has 0 amide bonds. The highest BCUT2D eigenvalue weighted by Crippen LogP contribution is 2.24. The fraction of sp³-hybridized carbons (Fsp3) is 0.875. The van der Waals surface area contributed by atoms with E-state index in [1.165, 1.54) is 0 Å². The largest absolute Gasteiger partial charge is 0.359 e. The van der Waals surface area contributed by atoms with Crippen LogP contribution in [0.5, 0.6) is 0 Å². The van der Waals surface area contributed by atoms with Crippen molar-refractivity contribution in [1.82, 2.24) is 4.90 Å². The smallest absolute Gasteiger partial charge is 0.0926 e. The second-order valence-corrected chi connectivity index (χ2v) is 5.13. The van der Waals surface area contributed by atoms with Crippen LogP contribution in [0.4, 0.5) is 0 Å². The van der Waals surface area contributed by atoms with Crippen LogP contribution in [0.2, 0.25) is 0 Å². The van der Waals surface area contributed by atoms with Gasteiger partial charge >= 0.3 is 0 Å². The Hall–Kier alpha value is -0.180. The summed E-state index contributed by atoms with van der Waals surface area (Å²) in [5.74, 6) is 0.712. The Labute approximate surface area is 72.9 Å². The first-order valence-corrected chi connectivity index (χ1v) is 4.99. The molecule has 0 radical (unpaired) electrons. The van der Waals surface area contributed by atoms with E-state index in [9.17, 15) is 0 Å². The first-order chi connectivity index (χ1) is 5.09. The summed E-state index contributed by atoms with van der Waals surface area (Å²) in [5, 5.41) is 8.84. The molecule has 64 valence electrons. The van der Waals surface area contributed by atoms with Crippen LogP contribution in [0.15, 0.2) is 0 Å². The fourth-order valence-electron chi connectivity index (χ4n) is 1.45. The first kappa shape index (κ1) is 8.91. The molecule has 2 atom stereocenters. The van der Waals surface area contributed by atoms with Gasteiger partial charge in [0, 0.05) is 23.6 Å². The van der Waals surface area contributed by atoms with Gasteiger partial charge < -0.3 is 4.90 Å². The molecule has 0 aromatic rings. The zero-order valence-electron chi connectivity index (χ0n) is 7.42. The first-order valence-electron chi connectivity index (χ1n) is 4.05. The third-order valence-electron chi connectivity index (χ3n) is 1.89. The average molecular weight is 172 g/mol. The lowest BCUT2D eigenvalue weighted by atomic mass is 10.3. The number of thioether (sulfide) groups is 1. The topological polar surface area (TPSA) is 27.1 Å². The van der Waals surface area contributed by atoms with Crippen molar-refractivity contribution in [1.29, 1.82) is 5.41 Å².